The minimum Gasteiger partial charge on any atom is -0.352 e. The SMILES string of the molecule is CCC(C)C(N)C(=O)NC1CCCCC1C.Cl. The van der Waals surface area contributed by atoms with Gasteiger partial charge in [0.1, 0.15) is 0 Å². The Bertz CT molecular complexity index is 235. The molecule has 1 aliphatic rings. The zero-order valence-corrected chi connectivity index (χ0v) is 12.1. The first kappa shape index (κ1) is 16.7. The Labute approximate surface area is 111 Å². The first-order valence-corrected chi connectivity index (χ1v) is 6.62. The highest BCUT2D eigenvalue weighted by molar-refractivity contribution is 5.85. The van der Waals surface area contributed by atoms with Gasteiger partial charge in [0.15, 0.2) is 0 Å². The molecule has 0 aromatic rings. The van der Waals surface area contributed by atoms with E-state index in [0.29, 0.717) is 12.0 Å². The Morgan fingerprint density at radius 1 is 1.41 bits per heavy atom. The summed E-state index contributed by atoms with van der Waals surface area (Å²) in [6, 6.07) is -0.00418. The normalized spacial score (nSPS) is 27.8. The number of halogens is 1. The number of amides is 1. The van der Waals surface area contributed by atoms with Gasteiger partial charge in [0.2, 0.25) is 5.91 Å². The highest BCUT2D eigenvalue weighted by atomic mass is 35.5. The summed E-state index contributed by atoms with van der Waals surface area (Å²) in [7, 11) is 0. The largest absolute Gasteiger partial charge is 0.352 e. The molecule has 0 bridgehead atoms. The van der Waals surface area contributed by atoms with Crippen molar-refractivity contribution in [2.75, 3.05) is 0 Å². The van der Waals surface area contributed by atoms with Gasteiger partial charge in [-0.1, -0.05) is 40.0 Å². The van der Waals surface area contributed by atoms with Gasteiger partial charge >= 0.3 is 0 Å². The Balaban J connectivity index is 0.00000256. The lowest BCUT2D eigenvalue weighted by Gasteiger charge is -2.31. The van der Waals surface area contributed by atoms with Crippen molar-refractivity contribution in [3.8, 4) is 0 Å². The maximum atomic E-state index is 11.9. The Hall–Kier alpha value is -0.280. The van der Waals surface area contributed by atoms with Crippen molar-refractivity contribution in [1.82, 2.24) is 5.32 Å². The van der Waals surface area contributed by atoms with Crippen molar-refractivity contribution < 1.29 is 4.79 Å². The summed E-state index contributed by atoms with van der Waals surface area (Å²) in [6.07, 6.45) is 5.82. The molecular weight excluding hydrogens is 236 g/mol. The fourth-order valence-corrected chi connectivity index (χ4v) is 2.32. The Morgan fingerprint density at radius 2 is 2.00 bits per heavy atom. The van der Waals surface area contributed by atoms with E-state index in [-0.39, 0.29) is 30.3 Å². The molecule has 4 heteroatoms. The average molecular weight is 263 g/mol. The minimum absolute atomic E-state index is 0. The monoisotopic (exact) mass is 262 g/mol. The van der Waals surface area contributed by atoms with Gasteiger partial charge in [-0.05, 0) is 24.7 Å². The summed E-state index contributed by atoms with van der Waals surface area (Å²) in [4.78, 5) is 11.9. The van der Waals surface area contributed by atoms with Crippen LogP contribution in [0.5, 0.6) is 0 Å². The van der Waals surface area contributed by atoms with E-state index in [2.05, 4.69) is 19.2 Å². The summed E-state index contributed by atoms with van der Waals surface area (Å²) in [5, 5.41) is 3.12. The highest BCUT2D eigenvalue weighted by Crippen LogP contribution is 2.23. The molecule has 0 radical (unpaired) electrons. The van der Waals surface area contributed by atoms with Gasteiger partial charge in [-0.15, -0.1) is 12.4 Å². The Morgan fingerprint density at radius 3 is 2.53 bits per heavy atom. The smallest absolute Gasteiger partial charge is 0.237 e. The van der Waals surface area contributed by atoms with Crippen molar-refractivity contribution in [2.24, 2.45) is 17.6 Å². The fourth-order valence-electron chi connectivity index (χ4n) is 2.32. The number of hydrogen-bond acceptors (Lipinski definition) is 2. The predicted molar refractivity (Wildman–Crippen MR) is 74.2 cm³/mol. The number of nitrogens with two attached hydrogens (primary N) is 1. The van der Waals surface area contributed by atoms with Crippen LogP contribution in [0.1, 0.15) is 52.9 Å². The van der Waals surface area contributed by atoms with E-state index in [1.54, 1.807) is 0 Å². The third-order valence-corrected chi connectivity index (χ3v) is 4.00. The quantitative estimate of drug-likeness (QED) is 0.818. The molecule has 3 nitrogen and oxygen atoms in total. The average Bonchev–Trinajstić information content (AvgIpc) is 2.30. The van der Waals surface area contributed by atoms with Crippen LogP contribution >= 0.6 is 12.4 Å². The lowest BCUT2D eigenvalue weighted by Crippen LogP contribution is -2.50. The topological polar surface area (TPSA) is 55.1 Å². The van der Waals surface area contributed by atoms with Crippen molar-refractivity contribution >= 4 is 18.3 Å². The molecular formula is C13H27ClN2O. The van der Waals surface area contributed by atoms with Crippen LogP contribution in [0.25, 0.3) is 0 Å². The van der Waals surface area contributed by atoms with Gasteiger partial charge in [-0.25, -0.2) is 0 Å². The lowest BCUT2D eigenvalue weighted by molar-refractivity contribution is -0.124. The maximum absolute atomic E-state index is 11.9. The summed E-state index contributed by atoms with van der Waals surface area (Å²) in [6.45, 7) is 6.33. The van der Waals surface area contributed by atoms with Gasteiger partial charge in [0.25, 0.3) is 0 Å². The number of carbonyl (C=O) groups is 1. The molecule has 0 spiro atoms. The summed E-state index contributed by atoms with van der Waals surface area (Å²) in [5.41, 5.74) is 5.92. The van der Waals surface area contributed by atoms with E-state index in [4.69, 9.17) is 5.73 Å². The molecule has 0 aromatic carbocycles. The predicted octanol–water partition coefficient (Wildman–Crippen LogP) is 2.48. The Kier molecular flexibility index (Phi) is 7.80. The van der Waals surface area contributed by atoms with Crippen molar-refractivity contribution in [1.29, 1.82) is 0 Å². The van der Waals surface area contributed by atoms with E-state index in [1.165, 1.54) is 19.3 Å². The van der Waals surface area contributed by atoms with Crippen molar-refractivity contribution in [2.45, 2.75) is 65.0 Å². The molecule has 0 aromatic heterocycles. The van der Waals surface area contributed by atoms with E-state index in [9.17, 15) is 4.79 Å². The molecule has 0 aliphatic heterocycles. The second kappa shape index (κ2) is 7.93. The highest BCUT2D eigenvalue weighted by Gasteiger charge is 2.26. The third-order valence-electron chi connectivity index (χ3n) is 4.00. The third kappa shape index (κ3) is 4.84. The van der Waals surface area contributed by atoms with Crippen LogP contribution in [-0.2, 0) is 4.79 Å². The van der Waals surface area contributed by atoms with E-state index >= 15 is 0 Å². The van der Waals surface area contributed by atoms with Crippen LogP contribution in [0.15, 0.2) is 0 Å². The van der Waals surface area contributed by atoms with Crippen molar-refractivity contribution in [3.63, 3.8) is 0 Å². The van der Waals surface area contributed by atoms with Crippen LogP contribution in [0.2, 0.25) is 0 Å². The van der Waals surface area contributed by atoms with Crippen molar-refractivity contribution in [3.05, 3.63) is 0 Å². The first-order chi connectivity index (χ1) is 7.56. The molecule has 1 aliphatic carbocycles. The zero-order valence-electron chi connectivity index (χ0n) is 11.2. The molecule has 0 saturated heterocycles. The molecule has 0 heterocycles. The van der Waals surface area contributed by atoms with Crippen LogP contribution < -0.4 is 11.1 Å². The van der Waals surface area contributed by atoms with Gasteiger partial charge in [-0.3, -0.25) is 4.79 Å². The van der Waals surface area contributed by atoms with E-state index in [0.717, 1.165) is 12.8 Å². The lowest BCUT2D eigenvalue weighted by atomic mass is 9.85. The van der Waals surface area contributed by atoms with Crippen LogP contribution in [0.3, 0.4) is 0 Å². The van der Waals surface area contributed by atoms with E-state index in [1.807, 2.05) is 6.92 Å². The molecule has 1 rings (SSSR count). The first-order valence-electron chi connectivity index (χ1n) is 6.62. The van der Waals surface area contributed by atoms with Gasteiger partial charge in [-0.2, -0.15) is 0 Å². The number of rotatable bonds is 4. The zero-order chi connectivity index (χ0) is 12.1. The molecule has 1 fully saturated rings. The standard InChI is InChI=1S/C13H26N2O.ClH/c1-4-9(2)12(14)13(16)15-11-8-6-5-7-10(11)3;/h9-12H,4-8,14H2,1-3H3,(H,15,16);1H. The number of nitrogens with one attached hydrogen (secondary N) is 1. The summed E-state index contributed by atoms with van der Waals surface area (Å²) in [5.74, 6) is 0.897. The fraction of sp³-hybridized carbons (Fsp3) is 0.923. The minimum atomic E-state index is -0.348. The van der Waals surface area contributed by atoms with Crippen LogP contribution in [0, 0.1) is 11.8 Å². The second-order valence-corrected chi connectivity index (χ2v) is 5.29. The van der Waals surface area contributed by atoms with Crippen LogP contribution in [0.4, 0.5) is 0 Å². The molecule has 102 valence electrons. The number of carbonyl (C=O) groups excluding carboxylic acids is 1. The summed E-state index contributed by atoms with van der Waals surface area (Å²) >= 11 is 0. The van der Waals surface area contributed by atoms with Gasteiger partial charge in [0, 0.05) is 6.04 Å². The van der Waals surface area contributed by atoms with Gasteiger partial charge < -0.3 is 11.1 Å². The molecule has 4 atom stereocenters. The van der Waals surface area contributed by atoms with Gasteiger partial charge in [0.05, 0.1) is 6.04 Å². The second-order valence-electron chi connectivity index (χ2n) is 5.29. The molecule has 4 unspecified atom stereocenters. The molecule has 1 amide bonds. The van der Waals surface area contributed by atoms with E-state index < -0.39 is 0 Å². The maximum Gasteiger partial charge on any atom is 0.237 e. The molecule has 1 saturated carbocycles. The molecule has 17 heavy (non-hydrogen) atoms. The summed E-state index contributed by atoms with van der Waals surface area (Å²) < 4.78 is 0. The molecule has 3 N–H and O–H groups in total. The van der Waals surface area contributed by atoms with Crippen LogP contribution in [-0.4, -0.2) is 18.0 Å². The number of hydrogen-bond donors (Lipinski definition) is 2.